The van der Waals surface area contributed by atoms with Crippen LogP contribution >= 0.6 is 0 Å². The van der Waals surface area contributed by atoms with Crippen molar-refractivity contribution in [3.8, 4) is 11.5 Å². The molecule has 1 fully saturated rings. The topological polar surface area (TPSA) is 35.5 Å². The minimum atomic E-state index is -0.278. The third-order valence-corrected chi connectivity index (χ3v) is 3.59. The summed E-state index contributed by atoms with van der Waals surface area (Å²) in [5.41, 5.74) is 0.683. The van der Waals surface area contributed by atoms with Crippen LogP contribution in [-0.2, 0) is 4.74 Å². The standard InChI is InChI=1S/C18H18O3/c19-18(17-8-4-5-13-20-17)14-9-11-16(12-10-14)21-15-6-2-1-3-7-15/h1-3,6-7,9-12,17H,4-5,8,13H2. The summed E-state index contributed by atoms with van der Waals surface area (Å²) in [4.78, 5) is 12.3. The Morgan fingerprint density at radius 1 is 0.952 bits per heavy atom. The fourth-order valence-corrected chi connectivity index (χ4v) is 2.45. The number of rotatable bonds is 4. The first-order valence-electron chi connectivity index (χ1n) is 7.32. The first-order valence-corrected chi connectivity index (χ1v) is 7.32. The third-order valence-electron chi connectivity index (χ3n) is 3.59. The monoisotopic (exact) mass is 282 g/mol. The second-order valence-electron chi connectivity index (χ2n) is 5.16. The van der Waals surface area contributed by atoms with Crippen LogP contribution in [0.4, 0.5) is 0 Å². The molecule has 0 bridgehead atoms. The molecule has 0 spiro atoms. The van der Waals surface area contributed by atoms with Crippen molar-refractivity contribution in [2.45, 2.75) is 25.4 Å². The summed E-state index contributed by atoms with van der Waals surface area (Å²) in [5, 5.41) is 0. The predicted octanol–water partition coefficient (Wildman–Crippen LogP) is 4.23. The van der Waals surface area contributed by atoms with Gasteiger partial charge >= 0.3 is 0 Å². The van der Waals surface area contributed by atoms with Crippen molar-refractivity contribution in [1.29, 1.82) is 0 Å². The van der Waals surface area contributed by atoms with Gasteiger partial charge in [-0.15, -0.1) is 0 Å². The van der Waals surface area contributed by atoms with Gasteiger partial charge < -0.3 is 9.47 Å². The summed E-state index contributed by atoms with van der Waals surface area (Å²) in [6, 6.07) is 16.8. The first-order chi connectivity index (χ1) is 10.3. The van der Waals surface area contributed by atoms with Gasteiger partial charge in [0.1, 0.15) is 17.6 Å². The predicted molar refractivity (Wildman–Crippen MR) is 80.9 cm³/mol. The van der Waals surface area contributed by atoms with Gasteiger partial charge in [0.25, 0.3) is 0 Å². The zero-order valence-corrected chi connectivity index (χ0v) is 11.8. The molecule has 0 saturated carbocycles. The SMILES string of the molecule is O=C(c1ccc(Oc2ccccc2)cc1)C1CCCCO1. The Hall–Kier alpha value is -2.13. The number of carbonyl (C=O) groups is 1. The van der Waals surface area contributed by atoms with E-state index >= 15 is 0 Å². The highest BCUT2D eigenvalue weighted by molar-refractivity contribution is 5.99. The lowest BCUT2D eigenvalue weighted by Gasteiger charge is -2.21. The van der Waals surface area contributed by atoms with Crippen LogP contribution in [0.3, 0.4) is 0 Å². The zero-order valence-electron chi connectivity index (χ0n) is 11.8. The molecular weight excluding hydrogens is 264 g/mol. The van der Waals surface area contributed by atoms with Crippen LogP contribution in [-0.4, -0.2) is 18.5 Å². The number of ether oxygens (including phenoxy) is 2. The fourth-order valence-electron chi connectivity index (χ4n) is 2.45. The van der Waals surface area contributed by atoms with Gasteiger partial charge in [-0.2, -0.15) is 0 Å². The highest BCUT2D eigenvalue weighted by atomic mass is 16.5. The Kier molecular flexibility index (Phi) is 4.31. The Morgan fingerprint density at radius 2 is 1.67 bits per heavy atom. The quantitative estimate of drug-likeness (QED) is 0.787. The summed E-state index contributed by atoms with van der Waals surface area (Å²) in [6.45, 7) is 0.686. The number of Topliss-reactive ketones (excluding diaryl/α,β-unsaturated/α-hetero) is 1. The van der Waals surface area contributed by atoms with Gasteiger partial charge in [-0.05, 0) is 55.7 Å². The van der Waals surface area contributed by atoms with Crippen molar-refractivity contribution in [2.24, 2.45) is 0 Å². The fraction of sp³-hybridized carbons (Fsp3) is 0.278. The average molecular weight is 282 g/mol. The van der Waals surface area contributed by atoms with E-state index in [4.69, 9.17) is 9.47 Å². The number of ketones is 1. The van der Waals surface area contributed by atoms with Crippen LogP contribution in [0.1, 0.15) is 29.6 Å². The summed E-state index contributed by atoms with van der Waals surface area (Å²) in [7, 11) is 0. The number of hydrogen-bond acceptors (Lipinski definition) is 3. The van der Waals surface area contributed by atoms with E-state index in [1.165, 1.54) is 0 Å². The Morgan fingerprint density at radius 3 is 2.33 bits per heavy atom. The van der Waals surface area contributed by atoms with E-state index < -0.39 is 0 Å². The molecule has 1 heterocycles. The van der Waals surface area contributed by atoms with Crippen molar-refractivity contribution in [2.75, 3.05) is 6.61 Å². The summed E-state index contributed by atoms with van der Waals surface area (Å²) >= 11 is 0. The minimum Gasteiger partial charge on any atom is -0.457 e. The van der Waals surface area contributed by atoms with Crippen LogP contribution in [0.2, 0.25) is 0 Å². The van der Waals surface area contributed by atoms with E-state index in [0.717, 1.165) is 30.8 Å². The van der Waals surface area contributed by atoms with Gasteiger partial charge in [0.2, 0.25) is 0 Å². The van der Waals surface area contributed by atoms with Crippen LogP contribution in [0, 0.1) is 0 Å². The molecule has 2 aromatic carbocycles. The normalized spacial score (nSPS) is 18.2. The van der Waals surface area contributed by atoms with Crippen LogP contribution in [0.15, 0.2) is 54.6 Å². The van der Waals surface area contributed by atoms with E-state index in [1.54, 1.807) is 12.1 Å². The van der Waals surface area contributed by atoms with Crippen LogP contribution in [0.5, 0.6) is 11.5 Å². The second kappa shape index (κ2) is 6.55. The van der Waals surface area contributed by atoms with E-state index in [9.17, 15) is 4.79 Å². The Balaban J connectivity index is 1.67. The smallest absolute Gasteiger partial charge is 0.191 e. The maximum Gasteiger partial charge on any atom is 0.191 e. The highest BCUT2D eigenvalue weighted by Crippen LogP contribution is 2.23. The Labute approximate surface area is 124 Å². The molecule has 1 aliphatic rings. The lowest BCUT2D eigenvalue weighted by molar-refractivity contribution is 0.0186. The molecule has 21 heavy (non-hydrogen) atoms. The minimum absolute atomic E-state index is 0.0703. The Bertz CT molecular complexity index is 584. The summed E-state index contributed by atoms with van der Waals surface area (Å²) < 4.78 is 11.3. The number of hydrogen-bond donors (Lipinski definition) is 0. The van der Waals surface area contributed by atoms with Crippen molar-refractivity contribution < 1.29 is 14.3 Å². The van der Waals surface area contributed by atoms with Crippen molar-refractivity contribution in [3.05, 3.63) is 60.2 Å². The third kappa shape index (κ3) is 3.50. The molecule has 0 amide bonds. The van der Waals surface area contributed by atoms with E-state index in [1.807, 2.05) is 42.5 Å². The van der Waals surface area contributed by atoms with Gasteiger partial charge in [0, 0.05) is 12.2 Å². The summed E-state index contributed by atoms with van der Waals surface area (Å²) in [5.74, 6) is 1.58. The van der Waals surface area contributed by atoms with Gasteiger partial charge in [-0.25, -0.2) is 0 Å². The van der Waals surface area contributed by atoms with E-state index in [0.29, 0.717) is 12.2 Å². The molecule has 0 aromatic heterocycles. The van der Waals surface area contributed by atoms with Crippen molar-refractivity contribution in [1.82, 2.24) is 0 Å². The molecule has 1 unspecified atom stereocenters. The summed E-state index contributed by atoms with van der Waals surface area (Å²) in [6.07, 6.45) is 2.65. The average Bonchev–Trinajstić information content (AvgIpc) is 2.57. The maximum absolute atomic E-state index is 12.3. The number of para-hydroxylation sites is 1. The molecule has 3 heteroatoms. The van der Waals surface area contributed by atoms with Gasteiger partial charge in [0.05, 0.1) is 0 Å². The van der Waals surface area contributed by atoms with Crippen LogP contribution in [0.25, 0.3) is 0 Å². The maximum atomic E-state index is 12.3. The van der Waals surface area contributed by atoms with Crippen molar-refractivity contribution >= 4 is 5.78 Å². The molecular formula is C18H18O3. The number of carbonyl (C=O) groups excluding carboxylic acids is 1. The van der Waals surface area contributed by atoms with Gasteiger partial charge in [-0.1, -0.05) is 18.2 Å². The zero-order chi connectivity index (χ0) is 14.5. The molecule has 0 aliphatic carbocycles. The molecule has 3 rings (SSSR count). The molecule has 1 aliphatic heterocycles. The first kappa shape index (κ1) is 13.8. The molecule has 0 N–H and O–H groups in total. The molecule has 1 atom stereocenters. The lowest BCUT2D eigenvalue weighted by atomic mass is 10.00. The molecule has 1 saturated heterocycles. The molecule has 2 aromatic rings. The lowest BCUT2D eigenvalue weighted by Crippen LogP contribution is -2.28. The van der Waals surface area contributed by atoms with E-state index in [-0.39, 0.29) is 11.9 Å². The van der Waals surface area contributed by atoms with Gasteiger partial charge in [-0.3, -0.25) is 4.79 Å². The van der Waals surface area contributed by atoms with Gasteiger partial charge in [0.15, 0.2) is 5.78 Å². The number of benzene rings is 2. The molecule has 108 valence electrons. The second-order valence-corrected chi connectivity index (χ2v) is 5.16. The highest BCUT2D eigenvalue weighted by Gasteiger charge is 2.23. The molecule has 3 nitrogen and oxygen atoms in total. The van der Waals surface area contributed by atoms with Crippen molar-refractivity contribution in [3.63, 3.8) is 0 Å². The molecule has 0 radical (unpaired) electrons. The van der Waals surface area contributed by atoms with Crippen LogP contribution < -0.4 is 4.74 Å². The van der Waals surface area contributed by atoms with E-state index in [2.05, 4.69) is 0 Å². The largest absolute Gasteiger partial charge is 0.457 e.